The van der Waals surface area contributed by atoms with Crippen molar-refractivity contribution in [1.82, 2.24) is 0 Å². The van der Waals surface area contributed by atoms with Gasteiger partial charge in [-0.25, -0.2) is 4.99 Å². The summed E-state index contributed by atoms with van der Waals surface area (Å²) in [7, 11) is 0. The molecule has 3 N–H and O–H groups in total. The van der Waals surface area contributed by atoms with E-state index in [1.54, 1.807) is 0 Å². The molecule has 96 valence electrons. The summed E-state index contributed by atoms with van der Waals surface area (Å²) >= 11 is 3.42. The van der Waals surface area contributed by atoms with Gasteiger partial charge in [-0.3, -0.25) is 0 Å². The lowest BCUT2D eigenvalue weighted by atomic mass is 9.87. The zero-order chi connectivity index (χ0) is 13.5. The summed E-state index contributed by atoms with van der Waals surface area (Å²) in [4.78, 5) is 4.27. The summed E-state index contributed by atoms with van der Waals surface area (Å²) in [6.07, 6.45) is 0.423. The lowest BCUT2D eigenvalue weighted by Crippen LogP contribution is -2.40. The molecular weight excluding hydrogens is 304 g/mol. The van der Waals surface area contributed by atoms with Crippen LogP contribution in [0.1, 0.15) is 11.1 Å². The number of nitrogens with zero attached hydrogens (tertiary/aromatic N) is 1. The fourth-order valence-electron chi connectivity index (χ4n) is 2.37. The summed E-state index contributed by atoms with van der Waals surface area (Å²) in [6, 6.07) is 15.4. The molecule has 0 saturated carbocycles. The monoisotopic (exact) mass is 316 g/mol. The van der Waals surface area contributed by atoms with E-state index in [4.69, 9.17) is 5.73 Å². The second-order valence-electron chi connectivity index (χ2n) is 4.68. The summed E-state index contributed by atoms with van der Waals surface area (Å²) in [5.74, 6) is 0.254. The van der Waals surface area contributed by atoms with Crippen LogP contribution in [0.25, 0.3) is 0 Å². The zero-order valence-electron chi connectivity index (χ0n) is 10.2. The predicted molar refractivity (Wildman–Crippen MR) is 79.5 cm³/mol. The smallest absolute Gasteiger partial charge is 0.152 e. The van der Waals surface area contributed by atoms with E-state index in [1.165, 1.54) is 0 Å². The standard InChI is InChI=1S/C15H13BrN2O/c16-11-6-7-13-12(8-11)15(19,14(17)18-13)9-10-4-2-1-3-5-10/h1-8,19H,9H2,(H2,17,18). The highest BCUT2D eigenvalue weighted by Crippen LogP contribution is 2.40. The van der Waals surface area contributed by atoms with Gasteiger partial charge in [-0.1, -0.05) is 46.3 Å². The highest BCUT2D eigenvalue weighted by atomic mass is 79.9. The Bertz CT molecular complexity index is 654. The second kappa shape index (κ2) is 4.47. The molecule has 3 rings (SSSR count). The average Bonchev–Trinajstić information content (AvgIpc) is 2.64. The van der Waals surface area contributed by atoms with Gasteiger partial charge in [0.2, 0.25) is 0 Å². The number of halogens is 1. The number of fused-ring (bicyclic) bond motifs is 1. The molecule has 0 bridgehead atoms. The van der Waals surface area contributed by atoms with Crippen LogP contribution >= 0.6 is 15.9 Å². The van der Waals surface area contributed by atoms with Crippen LogP contribution in [0.5, 0.6) is 0 Å². The summed E-state index contributed by atoms with van der Waals surface area (Å²) < 4.78 is 0.905. The number of rotatable bonds is 2. The largest absolute Gasteiger partial charge is 0.384 e. The van der Waals surface area contributed by atoms with Crippen molar-refractivity contribution in [3.8, 4) is 0 Å². The lowest BCUT2D eigenvalue weighted by Gasteiger charge is -2.24. The van der Waals surface area contributed by atoms with Crippen LogP contribution in [0.4, 0.5) is 5.69 Å². The van der Waals surface area contributed by atoms with Crippen LogP contribution in [-0.2, 0) is 12.0 Å². The van der Waals surface area contributed by atoms with Gasteiger partial charge in [0.25, 0.3) is 0 Å². The molecule has 4 heteroatoms. The fourth-order valence-corrected chi connectivity index (χ4v) is 2.74. The molecule has 1 unspecified atom stereocenters. The summed E-state index contributed by atoms with van der Waals surface area (Å²) in [6.45, 7) is 0. The molecule has 0 amide bonds. The topological polar surface area (TPSA) is 58.6 Å². The Balaban J connectivity index is 2.05. The third-order valence-electron chi connectivity index (χ3n) is 3.37. The van der Waals surface area contributed by atoms with E-state index in [9.17, 15) is 5.11 Å². The Morgan fingerprint density at radius 1 is 1.16 bits per heavy atom. The molecular formula is C15H13BrN2O. The molecule has 0 radical (unpaired) electrons. The number of benzene rings is 2. The molecule has 1 heterocycles. The molecule has 1 aliphatic rings. The third-order valence-corrected chi connectivity index (χ3v) is 3.86. The number of hydrogen-bond acceptors (Lipinski definition) is 3. The highest BCUT2D eigenvalue weighted by Gasteiger charge is 2.40. The van der Waals surface area contributed by atoms with E-state index in [0.717, 1.165) is 21.3 Å². The molecule has 0 saturated heterocycles. The number of aliphatic hydroxyl groups is 1. The second-order valence-corrected chi connectivity index (χ2v) is 5.60. The van der Waals surface area contributed by atoms with Crippen molar-refractivity contribution in [2.75, 3.05) is 0 Å². The zero-order valence-corrected chi connectivity index (χ0v) is 11.8. The van der Waals surface area contributed by atoms with Gasteiger partial charge < -0.3 is 10.8 Å². The Kier molecular flexibility index (Phi) is 2.92. The van der Waals surface area contributed by atoms with Gasteiger partial charge in [-0.15, -0.1) is 0 Å². The van der Waals surface area contributed by atoms with Crippen LogP contribution in [0.2, 0.25) is 0 Å². The van der Waals surface area contributed by atoms with Crippen LogP contribution in [0.3, 0.4) is 0 Å². The third kappa shape index (κ3) is 2.07. The maximum atomic E-state index is 10.9. The molecule has 2 aromatic carbocycles. The molecule has 0 aliphatic carbocycles. The molecule has 0 fully saturated rings. The molecule has 3 nitrogen and oxygen atoms in total. The summed E-state index contributed by atoms with van der Waals surface area (Å²) in [5, 5.41) is 10.9. The van der Waals surface area contributed by atoms with Crippen LogP contribution in [0, 0.1) is 0 Å². The molecule has 1 aliphatic heterocycles. The van der Waals surface area contributed by atoms with Crippen molar-refractivity contribution in [3.05, 3.63) is 64.1 Å². The van der Waals surface area contributed by atoms with Crippen LogP contribution < -0.4 is 5.73 Å². The Morgan fingerprint density at radius 3 is 2.63 bits per heavy atom. The SMILES string of the molecule is NC1=Nc2ccc(Br)cc2C1(O)Cc1ccccc1. The predicted octanol–water partition coefficient (Wildman–Crippen LogP) is 2.88. The summed E-state index contributed by atoms with van der Waals surface area (Å²) in [5.41, 5.74) is 7.24. The first-order valence-corrected chi connectivity index (χ1v) is 6.80. The van der Waals surface area contributed by atoms with Gasteiger partial charge in [0, 0.05) is 16.5 Å². The fraction of sp³-hybridized carbons (Fsp3) is 0.133. The van der Waals surface area contributed by atoms with Gasteiger partial charge in [0.05, 0.1) is 5.69 Å². The number of nitrogens with two attached hydrogens (primary N) is 1. The minimum atomic E-state index is -1.22. The van der Waals surface area contributed by atoms with Crippen molar-refractivity contribution in [3.63, 3.8) is 0 Å². The van der Waals surface area contributed by atoms with Crippen molar-refractivity contribution in [2.24, 2.45) is 10.7 Å². The van der Waals surface area contributed by atoms with E-state index in [-0.39, 0.29) is 5.84 Å². The Morgan fingerprint density at radius 2 is 1.89 bits per heavy atom. The average molecular weight is 317 g/mol. The minimum Gasteiger partial charge on any atom is -0.384 e. The van der Waals surface area contributed by atoms with Crippen LogP contribution in [-0.4, -0.2) is 10.9 Å². The highest BCUT2D eigenvalue weighted by molar-refractivity contribution is 9.10. The molecule has 1 atom stereocenters. The van der Waals surface area contributed by atoms with Gasteiger partial charge in [-0.05, 0) is 23.8 Å². The van der Waals surface area contributed by atoms with Gasteiger partial charge in [0.15, 0.2) is 5.60 Å². The maximum Gasteiger partial charge on any atom is 0.152 e. The molecule has 19 heavy (non-hydrogen) atoms. The first-order chi connectivity index (χ1) is 9.09. The van der Waals surface area contributed by atoms with Crippen molar-refractivity contribution < 1.29 is 5.11 Å². The number of hydrogen-bond donors (Lipinski definition) is 2. The minimum absolute atomic E-state index is 0.254. The molecule has 0 aromatic heterocycles. The number of aliphatic imine (C=N–C) groups is 1. The van der Waals surface area contributed by atoms with E-state index < -0.39 is 5.60 Å². The van der Waals surface area contributed by atoms with Crippen molar-refractivity contribution >= 4 is 27.5 Å². The maximum absolute atomic E-state index is 10.9. The Labute approximate surface area is 119 Å². The molecule has 2 aromatic rings. The van der Waals surface area contributed by atoms with Crippen LogP contribution in [0.15, 0.2) is 58.0 Å². The number of amidine groups is 1. The van der Waals surface area contributed by atoms with Gasteiger partial charge >= 0.3 is 0 Å². The van der Waals surface area contributed by atoms with E-state index in [2.05, 4.69) is 20.9 Å². The van der Waals surface area contributed by atoms with Gasteiger partial charge in [0.1, 0.15) is 5.84 Å². The normalized spacial score (nSPS) is 21.1. The quantitative estimate of drug-likeness (QED) is 0.895. The lowest BCUT2D eigenvalue weighted by molar-refractivity contribution is 0.114. The molecule has 0 spiro atoms. The Hall–Kier alpha value is -1.65. The van der Waals surface area contributed by atoms with Crippen molar-refractivity contribution in [1.29, 1.82) is 0 Å². The van der Waals surface area contributed by atoms with E-state index in [1.807, 2.05) is 48.5 Å². The first kappa shape index (κ1) is 12.4. The van der Waals surface area contributed by atoms with E-state index in [0.29, 0.717) is 6.42 Å². The van der Waals surface area contributed by atoms with Gasteiger partial charge in [-0.2, -0.15) is 0 Å². The van der Waals surface area contributed by atoms with E-state index >= 15 is 0 Å². The van der Waals surface area contributed by atoms with Crippen molar-refractivity contribution in [2.45, 2.75) is 12.0 Å². The first-order valence-electron chi connectivity index (χ1n) is 6.00.